The average molecular weight is 364 g/mol. The van der Waals surface area contributed by atoms with E-state index in [-0.39, 0.29) is 18.4 Å². The normalized spacial score (nSPS) is 13.9. The second-order valence-electron chi connectivity index (χ2n) is 5.90. The maximum atomic E-state index is 13.1. The van der Waals surface area contributed by atoms with Crippen LogP contribution in [0, 0.1) is 5.82 Å². The monoisotopic (exact) mass is 364 g/mol. The Morgan fingerprint density at radius 1 is 1.04 bits per heavy atom. The van der Waals surface area contributed by atoms with Crippen molar-refractivity contribution in [2.75, 3.05) is 6.26 Å². The van der Waals surface area contributed by atoms with E-state index in [0.717, 1.165) is 11.8 Å². The van der Waals surface area contributed by atoms with E-state index < -0.39 is 21.9 Å². The van der Waals surface area contributed by atoms with Crippen molar-refractivity contribution in [2.24, 2.45) is 0 Å². The highest BCUT2D eigenvalue weighted by molar-refractivity contribution is 7.88. The smallest absolute Gasteiger partial charge is 0.222 e. The second-order valence-corrected chi connectivity index (χ2v) is 7.68. The highest BCUT2D eigenvalue weighted by Gasteiger charge is 2.21. The molecule has 0 aliphatic carbocycles. The third-order valence-corrected chi connectivity index (χ3v) is 4.41. The lowest BCUT2D eigenvalue weighted by molar-refractivity contribution is -0.122. The zero-order valence-electron chi connectivity index (χ0n) is 14.1. The Labute approximate surface area is 147 Å². The third kappa shape index (κ3) is 6.28. The predicted octanol–water partition coefficient (Wildman–Crippen LogP) is 2.68. The van der Waals surface area contributed by atoms with Crippen molar-refractivity contribution in [1.82, 2.24) is 10.0 Å². The molecule has 0 radical (unpaired) electrons. The summed E-state index contributed by atoms with van der Waals surface area (Å²) in [7, 11) is -3.53. The van der Waals surface area contributed by atoms with Crippen molar-refractivity contribution in [1.29, 1.82) is 0 Å². The van der Waals surface area contributed by atoms with Crippen molar-refractivity contribution in [2.45, 2.75) is 25.4 Å². The van der Waals surface area contributed by atoms with Crippen LogP contribution in [0.4, 0.5) is 4.39 Å². The second kappa shape index (κ2) is 8.22. The van der Waals surface area contributed by atoms with Gasteiger partial charge in [0.15, 0.2) is 0 Å². The lowest BCUT2D eigenvalue weighted by atomic mass is 10.0. The fourth-order valence-corrected chi connectivity index (χ4v) is 3.23. The predicted molar refractivity (Wildman–Crippen MR) is 94.7 cm³/mol. The first-order chi connectivity index (χ1) is 11.7. The molecule has 0 aliphatic rings. The first kappa shape index (κ1) is 19.1. The van der Waals surface area contributed by atoms with E-state index in [1.165, 1.54) is 24.3 Å². The van der Waals surface area contributed by atoms with Gasteiger partial charge >= 0.3 is 0 Å². The van der Waals surface area contributed by atoms with E-state index in [2.05, 4.69) is 10.0 Å². The molecule has 25 heavy (non-hydrogen) atoms. The van der Waals surface area contributed by atoms with Gasteiger partial charge in [-0.25, -0.2) is 17.5 Å². The molecule has 0 unspecified atom stereocenters. The average Bonchev–Trinajstić information content (AvgIpc) is 2.54. The zero-order chi connectivity index (χ0) is 18.4. The maximum absolute atomic E-state index is 13.1. The Bertz CT molecular complexity index is 808. The molecular weight excluding hydrogens is 343 g/mol. The van der Waals surface area contributed by atoms with Gasteiger partial charge in [0.05, 0.1) is 18.3 Å². The van der Waals surface area contributed by atoms with Gasteiger partial charge < -0.3 is 5.32 Å². The number of carbonyl (C=O) groups is 1. The molecule has 2 N–H and O–H groups in total. The van der Waals surface area contributed by atoms with Crippen LogP contribution in [0.5, 0.6) is 0 Å². The molecule has 0 fully saturated rings. The number of amides is 1. The molecule has 0 saturated heterocycles. The summed E-state index contributed by atoms with van der Waals surface area (Å²) in [6, 6.07) is 13.9. The third-order valence-electron chi connectivity index (χ3n) is 3.70. The number of nitrogens with one attached hydrogen (secondary N) is 2. The van der Waals surface area contributed by atoms with Crippen molar-refractivity contribution in [3.63, 3.8) is 0 Å². The van der Waals surface area contributed by atoms with Crippen LogP contribution in [-0.2, 0) is 14.8 Å². The van der Waals surface area contributed by atoms with Crippen molar-refractivity contribution >= 4 is 15.9 Å². The fourth-order valence-electron chi connectivity index (χ4n) is 2.49. The summed E-state index contributed by atoms with van der Waals surface area (Å²) in [5.74, 6) is -0.731. The first-order valence-electron chi connectivity index (χ1n) is 7.81. The summed E-state index contributed by atoms with van der Waals surface area (Å²) in [5, 5.41) is 2.85. The van der Waals surface area contributed by atoms with Crippen molar-refractivity contribution in [3.05, 3.63) is 71.5 Å². The maximum Gasteiger partial charge on any atom is 0.222 e. The molecule has 2 atom stereocenters. The van der Waals surface area contributed by atoms with E-state index in [0.29, 0.717) is 5.56 Å². The van der Waals surface area contributed by atoms with Gasteiger partial charge in [-0.05, 0) is 30.2 Å². The van der Waals surface area contributed by atoms with E-state index in [4.69, 9.17) is 0 Å². The number of carbonyl (C=O) groups excluding carboxylic acids is 1. The van der Waals surface area contributed by atoms with Crippen LogP contribution in [0.2, 0.25) is 0 Å². The van der Waals surface area contributed by atoms with Crippen LogP contribution in [-0.4, -0.2) is 20.6 Å². The molecule has 134 valence electrons. The SMILES string of the molecule is C[C@@H](NC(=O)C[C@@H](NS(C)(=O)=O)c1ccc(F)cc1)c1ccccc1. The Morgan fingerprint density at radius 2 is 1.64 bits per heavy atom. The highest BCUT2D eigenvalue weighted by Crippen LogP contribution is 2.19. The number of hydrogen-bond donors (Lipinski definition) is 2. The summed E-state index contributed by atoms with van der Waals surface area (Å²) in [5.41, 5.74) is 1.47. The summed E-state index contributed by atoms with van der Waals surface area (Å²) in [4.78, 5) is 12.3. The summed E-state index contributed by atoms with van der Waals surface area (Å²) < 4.78 is 38.7. The van der Waals surface area contributed by atoms with Gasteiger partial charge in [-0.1, -0.05) is 42.5 Å². The Balaban J connectivity index is 2.10. The topological polar surface area (TPSA) is 75.3 Å². The molecule has 7 heteroatoms. The molecule has 2 rings (SSSR count). The molecular formula is C18H21FN2O3S. The number of hydrogen-bond acceptors (Lipinski definition) is 3. The van der Waals surface area contributed by atoms with Gasteiger partial charge in [0.25, 0.3) is 0 Å². The lowest BCUT2D eigenvalue weighted by Crippen LogP contribution is -2.34. The Morgan fingerprint density at radius 3 is 2.20 bits per heavy atom. The molecule has 5 nitrogen and oxygen atoms in total. The number of rotatable bonds is 7. The first-order valence-corrected chi connectivity index (χ1v) is 9.71. The zero-order valence-corrected chi connectivity index (χ0v) is 14.9. The molecule has 0 aliphatic heterocycles. The Kier molecular flexibility index (Phi) is 6.27. The van der Waals surface area contributed by atoms with Crippen molar-refractivity contribution < 1.29 is 17.6 Å². The van der Waals surface area contributed by atoms with Crippen LogP contribution in [0.1, 0.15) is 36.6 Å². The van der Waals surface area contributed by atoms with E-state index in [1.807, 2.05) is 37.3 Å². The van der Waals surface area contributed by atoms with Gasteiger partial charge in [0.2, 0.25) is 15.9 Å². The molecule has 2 aromatic carbocycles. The summed E-state index contributed by atoms with van der Waals surface area (Å²) >= 11 is 0. The van der Waals surface area contributed by atoms with Gasteiger partial charge in [-0.2, -0.15) is 0 Å². The van der Waals surface area contributed by atoms with Gasteiger partial charge in [0, 0.05) is 6.42 Å². The molecule has 0 heterocycles. The van der Waals surface area contributed by atoms with Crippen LogP contribution in [0.3, 0.4) is 0 Å². The number of halogens is 1. The molecule has 1 amide bonds. The van der Waals surface area contributed by atoms with Gasteiger partial charge in [-0.15, -0.1) is 0 Å². The molecule has 0 spiro atoms. The van der Waals surface area contributed by atoms with E-state index >= 15 is 0 Å². The summed E-state index contributed by atoms with van der Waals surface area (Å²) in [6.45, 7) is 1.85. The minimum atomic E-state index is -3.53. The standard InChI is InChI=1S/C18H21FN2O3S/c1-13(14-6-4-3-5-7-14)20-18(22)12-17(21-25(2,23)24)15-8-10-16(19)11-9-15/h3-11,13,17,21H,12H2,1-2H3,(H,20,22)/t13-,17-/m1/s1. The molecule has 0 bridgehead atoms. The van der Waals surface area contributed by atoms with Crippen molar-refractivity contribution in [3.8, 4) is 0 Å². The Hall–Kier alpha value is -2.25. The van der Waals surface area contributed by atoms with E-state index in [1.54, 1.807) is 0 Å². The lowest BCUT2D eigenvalue weighted by Gasteiger charge is -2.20. The molecule has 0 aromatic heterocycles. The van der Waals surface area contributed by atoms with Crippen LogP contribution >= 0.6 is 0 Å². The quantitative estimate of drug-likeness (QED) is 0.793. The molecule has 0 saturated carbocycles. The van der Waals surface area contributed by atoms with Gasteiger partial charge in [0.1, 0.15) is 5.82 Å². The molecule has 2 aromatic rings. The van der Waals surface area contributed by atoms with Crippen LogP contribution < -0.4 is 10.0 Å². The highest BCUT2D eigenvalue weighted by atomic mass is 32.2. The minimum absolute atomic E-state index is 0.0874. The fraction of sp³-hybridized carbons (Fsp3) is 0.278. The number of benzene rings is 2. The minimum Gasteiger partial charge on any atom is -0.350 e. The van der Waals surface area contributed by atoms with Crippen LogP contribution in [0.15, 0.2) is 54.6 Å². The largest absolute Gasteiger partial charge is 0.350 e. The van der Waals surface area contributed by atoms with E-state index in [9.17, 15) is 17.6 Å². The summed E-state index contributed by atoms with van der Waals surface area (Å²) in [6.07, 6.45) is 0.934. The van der Waals surface area contributed by atoms with Crippen LogP contribution in [0.25, 0.3) is 0 Å². The van der Waals surface area contributed by atoms with Gasteiger partial charge in [-0.3, -0.25) is 4.79 Å². The number of sulfonamides is 1.